The summed E-state index contributed by atoms with van der Waals surface area (Å²) in [6.45, 7) is 2.77. The molecule has 3 fully saturated rings. The molecule has 0 N–H and O–H groups in total. The highest BCUT2D eigenvalue weighted by Crippen LogP contribution is 2.41. The lowest BCUT2D eigenvalue weighted by atomic mass is 9.74. The molecule has 0 aromatic heterocycles. The van der Waals surface area contributed by atoms with Crippen LogP contribution in [0.2, 0.25) is 0 Å². The minimum Gasteiger partial charge on any atom is -0.439 e. The molecule has 6 nitrogen and oxygen atoms in total. The summed E-state index contributed by atoms with van der Waals surface area (Å²) in [5.74, 6) is 0.172. The Hall–Kier alpha value is -2.86. The molecule has 0 saturated carbocycles. The zero-order chi connectivity index (χ0) is 21.3. The third-order valence-electron chi connectivity index (χ3n) is 6.93. The lowest BCUT2D eigenvalue weighted by Crippen LogP contribution is -2.49. The molecule has 3 aliphatic rings. The molecule has 1 spiro atoms. The number of para-hydroxylation sites is 1. The summed E-state index contributed by atoms with van der Waals surface area (Å²) in [6.07, 6.45) is 2.51. The van der Waals surface area contributed by atoms with Gasteiger partial charge in [-0.3, -0.25) is 9.69 Å². The zero-order valence-electron chi connectivity index (χ0n) is 17.7. The first-order valence-corrected chi connectivity index (χ1v) is 11.1. The number of anilines is 1. The Morgan fingerprint density at radius 1 is 0.903 bits per heavy atom. The van der Waals surface area contributed by atoms with E-state index in [1.807, 2.05) is 53.4 Å². The quantitative estimate of drug-likeness (QED) is 0.758. The van der Waals surface area contributed by atoms with Crippen molar-refractivity contribution >= 4 is 17.7 Å². The van der Waals surface area contributed by atoms with Gasteiger partial charge in [-0.1, -0.05) is 48.5 Å². The Morgan fingerprint density at radius 3 is 2.29 bits per heavy atom. The maximum absolute atomic E-state index is 13.8. The van der Waals surface area contributed by atoms with E-state index in [4.69, 9.17) is 9.47 Å². The summed E-state index contributed by atoms with van der Waals surface area (Å²) in [7, 11) is 0. The highest BCUT2D eigenvalue weighted by atomic mass is 16.6. The monoisotopic (exact) mass is 420 g/mol. The van der Waals surface area contributed by atoms with E-state index in [-0.39, 0.29) is 12.0 Å². The average Bonchev–Trinajstić information content (AvgIpc) is 3.37. The Bertz CT molecular complexity index is 943. The van der Waals surface area contributed by atoms with E-state index in [1.54, 1.807) is 4.90 Å². The number of rotatable bonds is 4. The van der Waals surface area contributed by atoms with Crippen molar-refractivity contribution in [3.63, 3.8) is 0 Å². The highest BCUT2D eigenvalue weighted by molar-refractivity contribution is 5.91. The number of ether oxygens (including phenoxy) is 2. The van der Waals surface area contributed by atoms with Crippen molar-refractivity contribution in [3.8, 4) is 0 Å². The third-order valence-corrected chi connectivity index (χ3v) is 6.93. The topological polar surface area (TPSA) is 59.1 Å². The minimum absolute atomic E-state index is 0.172. The first kappa shape index (κ1) is 20.1. The SMILES string of the molecule is O=C1O[C@@]2(CCN(C(=O)C3(Cc4ccccc4)CCOCC3)C2)CN1c1ccccc1. The first-order valence-electron chi connectivity index (χ1n) is 11.1. The lowest BCUT2D eigenvalue weighted by Gasteiger charge is -2.39. The summed E-state index contributed by atoms with van der Waals surface area (Å²) in [4.78, 5) is 30.0. The molecule has 2 aromatic carbocycles. The third kappa shape index (κ3) is 3.81. The molecule has 162 valence electrons. The van der Waals surface area contributed by atoms with Crippen LogP contribution in [0.5, 0.6) is 0 Å². The molecule has 5 rings (SSSR count). The molecule has 0 aliphatic carbocycles. The van der Waals surface area contributed by atoms with Crippen LogP contribution in [0.4, 0.5) is 10.5 Å². The standard InChI is InChI=1S/C25H28N2O4/c28-22(24(12-15-30-16-13-24)17-20-7-3-1-4-8-20)26-14-11-25(18-26)19-27(23(29)31-25)21-9-5-2-6-10-21/h1-10H,11-19H2/t25-/m1/s1. The second kappa shape index (κ2) is 8.00. The van der Waals surface area contributed by atoms with Crippen molar-refractivity contribution in [2.75, 3.05) is 37.7 Å². The maximum Gasteiger partial charge on any atom is 0.415 e. The normalized spacial score (nSPS) is 25.1. The summed E-state index contributed by atoms with van der Waals surface area (Å²) in [5, 5.41) is 0. The Balaban J connectivity index is 1.33. The van der Waals surface area contributed by atoms with Gasteiger partial charge in [-0.2, -0.15) is 0 Å². The molecule has 3 saturated heterocycles. The molecule has 6 heteroatoms. The maximum atomic E-state index is 13.8. The van der Waals surface area contributed by atoms with Gasteiger partial charge in [0, 0.05) is 31.9 Å². The van der Waals surface area contributed by atoms with Crippen LogP contribution in [0.3, 0.4) is 0 Å². The van der Waals surface area contributed by atoms with Gasteiger partial charge in [0.25, 0.3) is 0 Å². The van der Waals surface area contributed by atoms with E-state index in [2.05, 4.69) is 12.1 Å². The average molecular weight is 421 g/mol. The molecule has 0 bridgehead atoms. The van der Waals surface area contributed by atoms with Gasteiger partial charge in [-0.05, 0) is 37.0 Å². The van der Waals surface area contributed by atoms with Crippen LogP contribution in [-0.2, 0) is 20.7 Å². The van der Waals surface area contributed by atoms with Gasteiger partial charge >= 0.3 is 6.09 Å². The summed E-state index contributed by atoms with van der Waals surface area (Å²) in [5.41, 5.74) is 0.933. The molecule has 3 aliphatic heterocycles. The highest BCUT2D eigenvalue weighted by Gasteiger charge is 2.53. The largest absolute Gasteiger partial charge is 0.439 e. The predicted molar refractivity (Wildman–Crippen MR) is 117 cm³/mol. The van der Waals surface area contributed by atoms with E-state index in [1.165, 1.54) is 5.56 Å². The lowest BCUT2D eigenvalue weighted by molar-refractivity contribution is -0.147. The van der Waals surface area contributed by atoms with Crippen LogP contribution in [0.15, 0.2) is 60.7 Å². The summed E-state index contributed by atoms with van der Waals surface area (Å²) >= 11 is 0. The van der Waals surface area contributed by atoms with Gasteiger partial charge in [-0.15, -0.1) is 0 Å². The molecule has 2 aromatic rings. The minimum atomic E-state index is -0.623. The van der Waals surface area contributed by atoms with Crippen LogP contribution < -0.4 is 4.90 Å². The first-order chi connectivity index (χ1) is 15.1. The van der Waals surface area contributed by atoms with E-state index >= 15 is 0 Å². The van der Waals surface area contributed by atoms with Gasteiger partial charge in [0.15, 0.2) is 5.60 Å². The van der Waals surface area contributed by atoms with Crippen molar-refractivity contribution in [2.24, 2.45) is 5.41 Å². The van der Waals surface area contributed by atoms with Crippen LogP contribution in [0, 0.1) is 5.41 Å². The van der Waals surface area contributed by atoms with Crippen molar-refractivity contribution < 1.29 is 19.1 Å². The number of hydrogen-bond acceptors (Lipinski definition) is 4. The number of likely N-dealkylation sites (tertiary alicyclic amines) is 1. The number of benzene rings is 2. The van der Waals surface area contributed by atoms with Crippen LogP contribution in [0.1, 0.15) is 24.8 Å². The smallest absolute Gasteiger partial charge is 0.415 e. The fraction of sp³-hybridized carbons (Fsp3) is 0.440. The van der Waals surface area contributed by atoms with Crippen molar-refractivity contribution in [2.45, 2.75) is 31.3 Å². The molecular formula is C25H28N2O4. The fourth-order valence-electron chi connectivity index (χ4n) is 5.21. The Kier molecular flexibility index (Phi) is 5.18. The van der Waals surface area contributed by atoms with E-state index in [0.29, 0.717) is 39.3 Å². The Morgan fingerprint density at radius 2 is 1.58 bits per heavy atom. The summed E-state index contributed by atoms with van der Waals surface area (Å²) < 4.78 is 11.5. The van der Waals surface area contributed by atoms with Crippen molar-refractivity contribution in [1.82, 2.24) is 4.90 Å². The molecule has 3 heterocycles. The number of amides is 2. The van der Waals surface area contributed by atoms with E-state index in [9.17, 15) is 9.59 Å². The molecule has 31 heavy (non-hydrogen) atoms. The number of carbonyl (C=O) groups excluding carboxylic acids is 2. The zero-order valence-corrected chi connectivity index (χ0v) is 17.7. The second-order valence-corrected chi connectivity index (χ2v) is 9.00. The van der Waals surface area contributed by atoms with Crippen LogP contribution in [0.25, 0.3) is 0 Å². The number of hydrogen-bond donors (Lipinski definition) is 0. The molecule has 0 radical (unpaired) electrons. The molecular weight excluding hydrogens is 392 g/mol. The van der Waals surface area contributed by atoms with Gasteiger partial charge in [-0.25, -0.2) is 4.79 Å². The van der Waals surface area contributed by atoms with E-state index < -0.39 is 11.0 Å². The molecule has 2 amide bonds. The van der Waals surface area contributed by atoms with Crippen LogP contribution in [-0.4, -0.2) is 55.3 Å². The summed E-state index contributed by atoms with van der Waals surface area (Å²) in [6, 6.07) is 19.8. The second-order valence-electron chi connectivity index (χ2n) is 9.00. The van der Waals surface area contributed by atoms with Crippen LogP contribution >= 0.6 is 0 Å². The number of carbonyl (C=O) groups is 2. The van der Waals surface area contributed by atoms with Gasteiger partial charge in [0.1, 0.15) is 0 Å². The molecule has 0 unspecified atom stereocenters. The van der Waals surface area contributed by atoms with Crippen molar-refractivity contribution in [3.05, 3.63) is 66.2 Å². The van der Waals surface area contributed by atoms with Gasteiger partial charge in [0.2, 0.25) is 5.91 Å². The van der Waals surface area contributed by atoms with Gasteiger partial charge < -0.3 is 14.4 Å². The predicted octanol–water partition coefficient (Wildman–Crippen LogP) is 3.65. The van der Waals surface area contributed by atoms with Gasteiger partial charge in [0.05, 0.1) is 18.5 Å². The van der Waals surface area contributed by atoms with Crippen molar-refractivity contribution in [1.29, 1.82) is 0 Å². The fourth-order valence-corrected chi connectivity index (χ4v) is 5.21. The Labute approximate surface area is 182 Å². The number of nitrogens with zero attached hydrogens (tertiary/aromatic N) is 2. The van der Waals surface area contributed by atoms with E-state index in [0.717, 1.165) is 24.9 Å². The molecule has 1 atom stereocenters.